The van der Waals surface area contributed by atoms with Crippen LogP contribution in [0.3, 0.4) is 0 Å². The number of aryl methyl sites for hydroxylation is 1. The molecule has 2 rings (SSSR count). The Balaban J connectivity index is 2.13. The summed E-state index contributed by atoms with van der Waals surface area (Å²) in [6.45, 7) is 4.31. The number of ether oxygens (including phenoxy) is 2. The molecular formula is C15H21NO5S. The Kier molecular flexibility index (Phi) is 6.38. The number of thiophene rings is 1. The molecule has 0 aromatic carbocycles. The van der Waals surface area contributed by atoms with Gasteiger partial charge in [-0.1, -0.05) is 0 Å². The van der Waals surface area contributed by atoms with Gasteiger partial charge >= 0.3 is 0 Å². The van der Waals surface area contributed by atoms with Crippen molar-refractivity contribution in [3.05, 3.63) is 27.2 Å². The fourth-order valence-electron chi connectivity index (χ4n) is 2.07. The van der Waals surface area contributed by atoms with Crippen molar-refractivity contribution in [2.24, 2.45) is 0 Å². The molecule has 22 heavy (non-hydrogen) atoms. The normalized spacial score (nSPS) is 11.2. The van der Waals surface area contributed by atoms with Gasteiger partial charge in [-0.25, -0.2) is 0 Å². The second-order valence-electron chi connectivity index (χ2n) is 4.84. The molecule has 1 N–H and O–H groups in total. The van der Waals surface area contributed by atoms with E-state index in [1.54, 1.807) is 7.11 Å². The van der Waals surface area contributed by atoms with Crippen LogP contribution < -0.4 is 10.3 Å². The SMILES string of the molecule is COCCOCCN(CCO)c1cc(=O)c2scc(C)c2o1. The van der Waals surface area contributed by atoms with E-state index in [9.17, 15) is 9.90 Å². The van der Waals surface area contributed by atoms with Crippen molar-refractivity contribution >= 4 is 27.5 Å². The molecule has 2 heterocycles. The summed E-state index contributed by atoms with van der Waals surface area (Å²) in [6, 6.07) is 1.48. The van der Waals surface area contributed by atoms with Crippen molar-refractivity contribution in [3.8, 4) is 0 Å². The van der Waals surface area contributed by atoms with Crippen LogP contribution in [0.1, 0.15) is 5.56 Å². The molecule has 0 aliphatic rings. The van der Waals surface area contributed by atoms with Gasteiger partial charge in [0.1, 0.15) is 4.70 Å². The molecular weight excluding hydrogens is 306 g/mol. The second-order valence-corrected chi connectivity index (χ2v) is 5.72. The number of nitrogens with zero attached hydrogens (tertiary/aromatic N) is 1. The van der Waals surface area contributed by atoms with Crippen molar-refractivity contribution in [2.45, 2.75) is 6.92 Å². The van der Waals surface area contributed by atoms with Gasteiger partial charge in [0.15, 0.2) is 11.5 Å². The van der Waals surface area contributed by atoms with E-state index in [2.05, 4.69) is 0 Å². The van der Waals surface area contributed by atoms with Crippen molar-refractivity contribution in [2.75, 3.05) is 51.5 Å². The van der Waals surface area contributed by atoms with Crippen LogP contribution in [0.2, 0.25) is 0 Å². The summed E-state index contributed by atoms with van der Waals surface area (Å²) in [5.41, 5.74) is 1.51. The first-order valence-electron chi connectivity index (χ1n) is 7.11. The molecule has 0 atom stereocenters. The lowest BCUT2D eigenvalue weighted by Crippen LogP contribution is -2.31. The third-order valence-electron chi connectivity index (χ3n) is 3.22. The Hall–Kier alpha value is -1.41. The standard InChI is InChI=1S/C15H21NO5S/c1-11-10-22-15-12(18)9-13(21-14(11)15)16(3-5-17)4-6-20-8-7-19-2/h9-10,17H,3-8H2,1-2H3. The van der Waals surface area contributed by atoms with Crippen molar-refractivity contribution in [1.82, 2.24) is 0 Å². The zero-order chi connectivity index (χ0) is 15.9. The van der Waals surface area contributed by atoms with Crippen LogP contribution in [0, 0.1) is 6.92 Å². The Morgan fingerprint density at radius 3 is 2.86 bits per heavy atom. The minimum absolute atomic E-state index is 0.0254. The van der Waals surface area contributed by atoms with Crippen LogP contribution in [0.15, 0.2) is 20.7 Å². The van der Waals surface area contributed by atoms with E-state index in [-0.39, 0.29) is 12.0 Å². The highest BCUT2D eigenvalue weighted by Gasteiger charge is 2.14. The first-order valence-corrected chi connectivity index (χ1v) is 7.99. The van der Waals surface area contributed by atoms with E-state index in [4.69, 9.17) is 13.9 Å². The van der Waals surface area contributed by atoms with Gasteiger partial charge in [0.05, 0.1) is 26.4 Å². The average molecular weight is 327 g/mol. The smallest absolute Gasteiger partial charge is 0.204 e. The third kappa shape index (κ3) is 4.07. The van der Waals surface area contributed by atoms with E-state index < -0.39 is 0 Å². The summed E-state index contributed by atoms with van der Waals surface area (Å²) < 4.78 is 16.8. The van der Waals surface area contributed by atoms with E-state index in [0.29, 0.717) is 49.1 Å². The summed E-state index contributed by atoms with van der Waals surface area (Å²) in [4.78, 5) is 14.0. The number of hydrogen-bond donors (Lipinski definition) is 1. The summed E-state index contributed by atoms with van der Waals surface area (Å²) in [5.74, 6) is 0.461. The van der Waals surface area contributed by atoms with Crippen LogP contribution in [0.25, 0.3) is 10.3 Å². The molecule has 0 radical (unpaired) electrons. The maximum atomic E-state index is 12.2. The van der Waals surface area contributed by atoms with E-state index in [1.165, 1.54) is 17.4 Å². The lowest BCUT2D eigenvalue weighted by atomic mass is 10.3. The van der Waals surface area contributed by atoms with E-state index >= 15 is 0 Å². The number of fused-ring (bicyclic) bond motifs is 1. The van der Waals surface area contributed by atoms with Crippen molar-refractivity contribution < 1.29 is 19.0 Å². The maximum absolute atomic E-state index is 12.2. The van der Waals surface area contributed by atoms with Crippen LogP contribution >= 0.6 is 11.3 Å². The van der Waals surface area contributed by atoms with Crippen LogP contribution in [-0.2, 0) is 9.47 Å². The zero-order valence-corrected chi connectivity index (χ0v) is 13.6. The molecule has 0 aliphatic carbocycles. The largest absolute Gasteiger partial charge is 0.439 e. The van der Waals surface area contributed by atoms with Gasteiger partial charge < -0.3 is 23.9 Å². The van der Waals surface area contributed by atoms with Gasteiger partial charge in [-0.05, 0) is 12.3 Å². The number of anilines is 1. The molecule has 0 spiro atoms. The Labute approximate surface area is 132 Å². The van der Waals surface area contributed by atoms with Gasteiger partial charge in [0.25, 0.3) is 0 Å². The van der Waals surface area contributed by atoms with Gasteiger partial charge in [-0.15, -0.1) is 11.3 Å². The molecule has 0 amide bonds. The molecule has 7 heteroatoms. The molecule has 0 saturated heterocycles. The first-order chi connectivity index (χ1) is 10.7. The lowest BCUT2D eigenvalue weighted by Gasteiger charge is -2.22. The predicted molar refractivity (Wildman–Crippen MR) is 87.1 cm³/mol. The first kappa shape index (κ1) is 17.0. The monoisotopic (exact) mass is 327 g/mol. The zero-order valence-electron chi connectivity index (χ0n) is 12.8. The number of rotatable bonds is 9. The number of aliphatic hydroxyl groups excluding tert-OH is 1. The third-order valence-corrected chi connectivity index (χ3v) is 4.32. The Morgan fingerprint density at radius 1 is 1.32 bits per heavy atom. The maximum Gasteiger partial charge on any atom is 0.204 e. The quantitative estimate of drug-likeness (QED) is 0.706. The number of hydrogen-bond acceptors (Lipinski definition) is 7. The number of aliphatic hydroxyl groups is 1. The fraction of sp³-hybridized carbons (Fsp3) is 0.533. The van der Waals surface area contributed by atoms with Crippen LogP contribution in [-0.4, -0.2) is 51.7 Å². The molecule has 6 nitrogen and oxygen atoms in total. The molecule has 0 fully saturated rings. The van der Waals surface area contributed by atoms with Gasteiger partial charge in [0, 0.05) is 31.8 Å². The van der Waals surface area contributed by atoms with Crippen molar-refractivity contribution in [3.63, 3.8) is 0 Å². The summed E-state index contributed by atoms with van der Waals surface area (Å²) >= 11 is 1.39. The lowest BCUT2D eigenvalue weighted by molar-refractivity contribution is 0.0735. The minimum atomic E-state index is -0.0578. The Bertz CT molecular complexity index is 651. The summed E-state index contributed by atoms with van der Waals surface area (Å²) in [5, 5.41) is 11.1. The number of methoxy groups -OCH3 is 1. The van der Waals surface area contributed by atoms with Crippen LogP contribution in [0.5, 0.6) is 0 Å². The van der Waals surface area contributed by atoms with E-state index in [1.807, 2.05) is 17.2 Å². The Morgan fingerprint density at radius 2 is 2.14 bits per heavy atom. The fourth-order valence-corrected chi connectivity index (χ4v) is 2.96. The van der Waals surface area contributed by atoms with E-state index in [0.717, 1.165) is 5.56 Å². The predicted octanol–water partition coefficient (Wildman–Crippen LogP) is 1.62. The minimum Gasteiger partial charge on any atom is -0.439 e. The molecule has 2 aromatic heterocycles. The summed E-state index contributed by atoms with van der Waals surface area (Å²) in [7, 11) is 1.62. The second kappa shape index (κ2) is 8.28. The molecule has 0 aliphatic heterocycles. The molecule has 0 saturated carbocycles. The van der Waals surface area contributed by atoms with Crippen molar-refractivity contribution in [1.29, 1.82) is 0 Å². The molecule has 2 aromatic rings. The summed E-state index contributed by atoms with van der Waals surface area (Å²) in [6.07, 6.45) is 0. The average Bonchev–Trinajstić information content (AvgIpc) is 2.88. The highest BCUT2D eigenvalue weighted by atomic mass is 32.1. The molecule has 0 bridgehead atoms. The van der Waals surface area contributed by atoms with Gasteiger partial charge in [-0.3, -0.25) is 4.79 Å². The van der Waals surface area contributed by atoms with Gasteiger partial charge in [-0.2, -0.15) is 0 Å². The topological polar surface area (TPSA) is 72.1 Å². The van der Waals surface area contributed by atoms with Crippen LogP contribution in [0.4, 0.5) is 5.88 Å². The highest BCUT2D eigenvalue weighted by Crippen LogP contribution is 2.26. The highest BCUT2D eigenvalue weighted by molar-refractivity contribution is 7.17. The molecule has 122 valence electrons. The molecule has 0 unspecified atom stereocenters. The van der Waals surface area contributed by atoms with Gasteiger partial charge in [0.2, 0.25) is 5.43 Å².